The number of hydrogen-bond acceptors (Lipinski definition) is 4. The number of imidazole rings is 1. The fourth-order valence-electron chi connectivity index (χ4n) is 3.60. The second-order valence-corrected chi connectivity index (χ2v) is 6.95. The molecular weight excluding hydrogens is 374 g/mol. The van der Waals surface area contributed by atoms with Gasteiger partial charge in [-0.1, -0.05) is 6.92 Å². The Balaban J connectivity index is 1.67. The third-order valence-electron chi connectivity index (χ3n) is 5.10. The molecule has 0 N–H and O–H groups in total. The maximum absolute atomic E-state index is 15.2. The van der Waals surface area contributed by atoms with Gasteiger partial charge in [0.25, 0.3) is 0 Å². The van der Waals surface area contributed by atoms with E-state index in [1.54, 1.807) is 40.6 Å². The highest BCUT2D eigenvalue weighted by Gasteiger charge is 2.24. The molecule has 0 saturated heterocycles. The van der Waals surface area contributed by atoms with Gasteiger partial charge in [0.15, 0.2) is 5.65 Å². The zero-order valence-corrected chi connectivity index (χ0v) is 15.7. The van der Waals surface area contributed by atoms with Gasteiger partial charge in [0.05, 0.1) is 29.3 Å². The standard InChI is InChI=1S/C21H16F2N6/c1-12(20-15(22)8-17-14(21(20)23)4-3-7-24-17)18-10-25-19-6-5-16(27-29(18)19)13-9-26-28(2)11-13/h3-12H,1-2H3/t12-/m1/s1. The van der Waals surface area contributed by atoms with Crippen molar-refractivity contribution >= 4 is 16.6 Å². The maximum atomic E-state index is 15.2. The van der Waals surface area contributed by atoms with E-state index in [4.69, 9.17) is 0 Å². The van der Waals surface area contributed by atoms with Gasteiger partial charge in [-0.2, -0.15) is 10.2 Å². The van der Waals surface area contributed by atoms with Gasteiger partial charge in [0.1, 0.15) is 11.6 Å². The van der Waals surface area contributed by atoms with Crippen molar-refractivity contribution in [3.05, 3.63) is 78.0 Å². The van der Waals surface area contributed by atoms with E-state index >= 15 is 4.39 Å². The molecule has 0 aliphatic rings. The van der Waals surface area contributed by atoms with Crippen molar-refractivity contribution in [2.75, 3.05) is 0 Å². The first-order valence-electron chi connectivity index (χ1n) is 9.09. The van der Waals surface area contributed by atoms with Crippen LogP contribution in [0.4, 0.5) is 8.78 Å². The molecule has 0 radical (unpaired) electrons. The van der Waals surface area contributed by atoms with Crippen molar-refractivity contribution in [3.63, 3.8) is 0 Å². The molecule has 29 heavy (non-hydrogen) atoms. The number of nitrogens with zero attached hydrogens (tertiary/aromatic N) is 6. The van der Waals surface area contributed by atoms with Gasteiger partial charge >= 0.3 is 0 Å². The van der Waals surface area contributed by atoms with E-state index < -0.39 is 17.6 Å². The Kier molecular flexibility index (Phi) is 3.87. The van der Waals surface area contributed by atoms with E-state index in [2.05, 4.69) is 20.2 Å². The van der Waals surface area contributed by atoms with E-state index in [1.807, 2.05) is 25.4 Å². The third-order valence-corrected chi connectivity index (χ3v) is 5.10. The van der Waals surface area contributed by atoms with Crippen LogP contribution in [0.15, 0.2) is 55.1 Å². The topological polar surface area (TPSA) is 60.9 Å². The smallest absolute Gasteiger partial charge is 0.153 e. The molecule has 4 aromatic heterocycles. The van der Waals surface area contributed by atoms with Crippen molar-refractivity contribution < 1.29 is 8.78 Å². The molecule has 0 amide bonds. The second kappa shape index (κ2) is 6.44. The van der Waals surface area contributed by atoms with Gasteiger partial charge < -0.3 is 0 Å². The largest absolute Gasteiger partial charge is 0.275 e. The molecule has 4 heterocycles. The number of aromatic nitrogens is 6. The maximum Gasteiger partial charge on any atom is 0.153 e. The minimum Gasteiger partial charge on any atom is -0.275 e. The summed E-state index contributed by atoms with van der Waals surface area (Å²) < 4.78 is 33.3. The lowest BCUT2D eigenvalue weighted by molar-refractivity contribution is 0.551. The Morgan fingerprint density at radius 3 is 2.72 bits per heavy atom. The van der Waals surface area contributed by atoms with Crippen LogP contribution in [0, 0.1) is 11.6 Å². The molecule has 0 aliphatic carbocycles. The van der Waals surface area contributed by atoms with E-state index in [9.17, 15) is 4.39 Å². The van der Waals surface area contributed by atoms with Crippen LogP contribution in [0.1, 0.15) is 24.1 Å². The molecule has 6 nitrogen and oxygen atoms in total. The Labute approximate surface area is 164 Å². The molecule has 0 unspecified atom stereocenters. The summed E-state index contributed by atoms with van der Waals surface area (Å²) in [6.07, 6.45) is 6.68. The number of aryl methyl sites for hydroxylation is 1. The first-order valence-corrected chi connectivity index (χ1v) is 9.09. The SMILES string of the molecule is C[C@@H](c1c(F)cc2ncccc2c1F)c1cnc2ccc(-c3cnn(C)c3)nn12. The molecule has 1 aromatic carbocycles. The van der Waals surface area contributed by atoms with Crippen LogP contribution in [0.5, 0.6) is 0 Å². The number of halogens is 2. The van der Waals surface area contributed by atoms with Crippen molar-refractivity contribution in [1.29, 1.82) is 0 Å². The van der Waals surface area contributed by atoms with Gasteiger partial charge in [-0.25, -0.2) is 18.3 Å². The van der Waals surface area contributed by atoms with Crippen molar-refractivity contribution in [2.45, 2.75) is 12.8 Å². The van der Waals surface area contributed by atoms with Crippen molar-refractivity contribution in [2.24, 2.45) is 7.05 Å². The van der Waals surface area contributed by atoms with Crippen LogP contribution in [-0.2, 0) is 7.05 Å². The third kappa shape index (κ3) is 2.75. The van der Waals surface area contributed by atoms with Gasteiger partial charge in [0.2, 0.25) is 0 Å². The number of rotatable bonds is 3. The molecular formula is C21H16F2N6. The summed E-state index contributed by atoms with van der Waals surface area (Å²) in [4.78, 5) is 8.39. The summed E-state index contributed by atoms with van der Waals surface area (Å²) in [5, 5.41) is 9.08. The molecule has 0 aliphatic heterocycles. The highest BCUT2D eigenvalue weighted by molar-refractivity contribution is 5.80. The Morgan fingerprint density at radius 1 is 1.07 bits per heavy atom. The normalized spacial score (nSPS) is 12.7. The highest BCUT2D eigenvalue weighted by Crippen LogP contribution is 2.33. The molecule has 0 spiro atoms. The lowest BCUT2D eigenvalue weighted by Gasteiger charge is -2.15. The number of fused-ring (bicyclic) bond motifs is 2. The second-order valence-electron chi connectivity index (χ2n) is 6.95. The van der Waals surface area contributed by atoms with E-state index in [1.165, 1.54) is 12.3 Å². The fraction of sp³-hybridized carbons (Fsp3) is 0.143. The monoisotopic (exact) mass is 390 g/mol. The van der Waals surface area contributed by atoms with E-state index in [-0.39, 0.29) is 16.5 Å². The Bertz CT molecular complexity index is 1370. The van der Waals surface area contributed by atoms with E-state index in [0.717, 1.165) is 5.56 Å². The van der Waals surface area contributed by atoms with Gasteiger partial charge in [-0.3, -0.25) is 9.67 Å². The van der Waals surface area contributed by atoms with Gasteiger partial charge in [-0.15, -0.1) is 0 Å². The summed E-state index contributed by atoms with van der Waals surface area (Å²) in [5.41, 5.74) is 2.99. The number of hydrogen-bond donors (Lipinski definition) is 0. The van der Waals surface area contributed by atoms with Crippen molar-refractivity contribution in [1.82, 2.24) is 29.4 Å². The van der Waals surface area contributed by atoms with Crippen LogP contribution in [0.25, 0.3) is 27.8 Å². The van der Waals surface area contributed by atoms with Crippen LogP contribution in [-0.4, -0.2) is 29.4 Å². The van der Waals surface area contributed by atoms with Crippen LogP contribution in [0.3, 0.4) is 0 Å². The number of pyridine rings is 1. The highest BCUT2D eigenvalue weighted by atomic mass is 19.1. The molecule has 1 atom stereocenters. The fourth-order valence-corrected chi connectivity index (χ4v) is 3.60. The van der Waals surface area contributed by atoms with Crippen LogP contribution < -0.4 is 0 Å². The summed E-state index contributed by atoms with van der Waals surface area (Å²) in [5.74, 6) is -1.86. The Hall–Kier alpha value is -3.68. The quantitative estimate of drug-likeness (QED) is 0.465. The summed E-state index contributed by atoms with van der Waals surface area (Å²) >= 11 is 0. The molecule has 5 rings (SSSR count). The minimum atomic E-state index is -0.639. The zero-order valence-electron chi connectivity index (χ0n) is 15.7. The van der Waals surface area contributed by atoms with Gasteiger partial charge in [0, 0.05) is 47.9 Å². The summed E-state index contributed by atoms with van der Waals surface area (Å²) in [7, 11) is 1.83. The van der Waals surface area contributed by atoms with E-state index in [0.29, 0.717) is 17.0 Å². The first kappa shape index (κ1) is 17.4. The summed E-state index contributed by atoms with van der Waals surface area (Å²) in [6.45, 7) is 1.74. The average Bonchev–Trinajstić information content (AvgIpc) is 3.33. The lowest BCUT2D eigenvalue weighted by atomic mass is 9.95. The molecule has 0 fully saturated rings. The molecule has 0 bridgehead atoms. The zero-order chi connectivity index (χ0) is 20.1. The molecule has 144 valence electrons. The molecule has 8 heteroatoms. The lowest BCUT2D eigenvalue weighted by Crippen LogP contribution is -2.08. The summed E-state index contributed by atoms with van der Waals surface area (Å²) in [6, 6.07) is 8.16. The van der Waals surface area contributed by atoms with Crippen LogP contribution >= 0.6 is 0 Å². The molecule has 5 aromatic rings. The Morgan fingerprint density at radius 2 is 1.93 bits per heavy atom. The molecule has 0 saturated carbocycles. The predicted octanol–water partition coefficient (Wildman–Crippen LogP) is 4.11. The van der Waals surface area contributed by atoms with Gasteiger partial charge in [-0.05, 0) is 24.3 Å². The van der Waals surface area contributed by atoms with Crippen LogP contribution in [0.2, 0.25) is 0 Å². The number of benzene rings is 1. The average molecular weight is 390 g/mol. The minimum absolute atomic E-state index is 0.0270. The van der Waals surface area contributed by atoms with Crippen molar-refractivity contribution in [3.8, 4) is 11.3 Å². The first-order chi connectivity index (χ1) is 14.0. The predicted molar refractivity (Wildman–Crippen MR) is 104 cm³/mol.